The number of aromatic carboxylic acids is 2. The van der Waals surface area contributed by atoms with Crippen LogP contribution in [0.15, 0.2) is 60.7 Å². The maximum atomic E-state index is 10.2. The van der Waals surface area contributed by atoms with Crippen molar-refractivity contribution in [3.63, 3.8) is 0 Å². The molecule has 0 aliphatic carbocycles. The fraction of sp³-hybridized carbons (Fsp3) is 0.286. The minimum Gasteiger partial charge on any atom is -0.483 e. The zero-order valence-electron chi connectivity index (χ0n) is 16.4. The molecule has 0 amide bonds. The number of carboxylic acid groups (broad SMARTS) is 3. The standard InChI is InChI=1S/2C7H6O2.C6H14O3.CH2O2/c2*8-7(9)6-4-2-1-3-5-6;7-3-1-2-6(4-8)5-9;2-1-3/h2*1-5H,(H,8,9);6-9H,1-5H2;1H,(H,2,3). The lowest BCUT2D eigenvalue weighted by molar-refractivity contribution is -0.122. The second-order valence-electron chi connectivity index (χ2n) is 5.54. The predicted octanol–water partition coefficient (Wildman–Crippen LogP) is 1.83. The number of carbonyl (C=O) groups is 3. The lowest BCUT2D eigenvalue weighted by Crippen LogP contribution is -2.11. The molecular formula is C21H28O9. The molecule has 0 bridgehead atoms. The molecule has 2 rings (SSSR count). The number of benzene rings is 2. The van der Waals surface area contributed by atoms with Crippen LogP contribution in [-0.4, -0.2) is 68.9 Å². The highest BCUT2D eigenvalue weighted by Gasteiger charge is 2.03. The van der Waals surface area contributed by atoms with Gasteiger partial charge < -0.3 is 30.6 Å². The van der Waals surface area contributed by atoms with E-state index in [9.17, 15) is 9.59 Å². The van der Waals surface area contributed by atoms with Gasteiger partial charge in [0.05, 0.1) is 11.1 Å². The molecule has 0 aliphatic heterocycles. The van der Waals surface area contributed by atoms with Crippen LogP contribution in [0.25, 0.3) is 0 Å². The van der Waals surface area contributed by atoms with Gasteiger partial charge in [-0.15, -0.1) is 0 Å². The van der Waals surface area contributed by atoms with Crippen molar-refractivity contribution in [2.45, 2.75) is 12.8 Å². The molecule has 9 heteroatoms. The van der Waals surface area contributed by atoms with Gasteiger partial charge in [-0.1, -0.05) is 36.4 Å². The number of carboxylic acids is 2. The Morgan fingerprint density at radius 2 is 1.10 bits per heavy atom. The third-order valence-corrected chi connectivity index (χ3v) is 3.33. The average Bonchev–Trinajstić information content (AvgIpc) is 2.77. The second kappa shape index (κ2) is 20.5. The molecule has 0 fully saturated rings. The summed E-state index contributed by atoms with van der Waals surface area (Å²) in [4.78, 5) is 28.8. The molecule has 0 spiro atoms. The predicted molar refractivity (Wildman–Crippen MR) is 109 cm³/mol. The van der Waals surface area contributed by atoms with Crippen molar-refractivity contribution in [3.05, 3.63) is 71.8 Å². The number of rotatable bonds is 7. The Kier molecular flexibility index (Phi) is 19.7. The first kappa shape index (κ1) is 28.9. The van der Waals surface area contributed by atoms with Crippen molar-refractivity contribution < 1.29 is 45.0 Å². The van der Waals surface area contributed by atoms with Crippen molar-refractivity contribution >= 4 is 18.4 Å². The lowest BCUT2D eigenvalue weighted by atomic mass is 10.1. The fourth-order valence-corrected chi connectivity index (χ4v) is 1.78. The van der Waals surface area contributed by atoms with Gasteiger partial charge >= 0.3 is 11.9 Å². The molecule has 166 valence electrons. The molecule has 2 aromatic carbocycles. The molecule has 30 heavy (non-hydrogen) atoms. The first-order valence-electron chi connectivity index (χ1n) is 8.84. The van der Waals surface area contributed by atoms with E-state index in [4.69, 9.17) is 35.4 Å². The number of hydrogen-bond donors (Lipinski definition) is 6. The normalized spacial score (nSPS) is 8.93. The van der Waals surface area contributed by atoms with Crippen LogP contribution in [0.1, 0.15) is 33.6 Å². The summed E-state index contributed by atoms with van der Waals surface area (Å²) < 4.78 is 0. The first-order valence-corrected chi connectivity index (χ1v) is 8.84. The summed E-state index contributed by atoms with van der Waals surface area (Å²) in [5.74, 6) is -1.80. The van der Waals surface area contributed by atoms with E-state index >= 15 is 0 Å². The highest BCUT2D eigenvalue weighted by atomic mass is 16.4. The van der Waals surface area contributed by atoms with Gasteiger partial charge in [0.25, 0.3) is 6.47 Å². The van der Waals surface area contributed by atoms with E-state index in [1.807, 2.05) is 0 Å². The van der Waals surface area contributed by atoms with E-state index in [2.05, 4.69) is 0 Å². The first-order chi connectivity index (χ1) is 14.4. The van der Waals surface area contributed by atoms with Crippen LogP contribution >= 0.6 is 0 Å². The summed E-state index contributed by atoms with van der Waals surface area (Å²) in [7, 11) is 0. The van der Waals surface area contributed by atoms with E-state index in [1.54, 1.807) is 60.7 Å². The Bertz CT molecular complexity index is 622. The average molecular weight is 424 g/mol. The highest BCUT2D eigenvalue weighted by molar-refractivity contribution is 5.87. The van der Waals surface area contributed by atoms with E-state index in [0.29, 0.717) is 24.0 Å². The van der Waals surface area contributed by atoms with E-state index in [1.165, 1.54) is 0 Å². The molecule has 0 unspecified atom stereocenters. The van der Waals surface area contributed by atoms with Gasteiger partial charge in [0, 0.05) is 25.7 Å². The zero-order valence-corrected chi connectivity index (χ0v) is 16.4. The van der Waals surface area contributed by atoms with Crippen molar-refractivity contribution in [2.24, 2.45) is 5.92 Å². The quantitative estimate of drug-likeness (QED) is 0.362. The van der Waals surface area contributed by atoms with Crippen molar-refractivity contribution in [1.82, 2.24) is 0 Å². The van der Waals surface area contributed by atoms with Crippen LogP contribution in [0, 0.1) is 5.92 Å². The van der Waals surface area contributed by atoms with E-state index in [-0.39, 0.29) is 32.2 Å². The highest BCUT2D eigenvalue weighted by Crippen LogP contribution is 2.02. The van der Waals surface area contributed by atoms with Gasteiger partial charge in [0.2, 0.25) is 0 Å². The Hall–Kier alpha value is -3.27. The van der Waals surface area contributed by atoms with E-state index < -0.39 is 11.9 Å². The summed E-state index contributed by atoms with van der Waals surface area (Å²) in [6.07, 6.45) is 1.36. The number of hydrogen-bond acceptors (Lipinski definition) is 6. The van der Waals surface area contributed by atoms with Crippen LogP contribution in [-0.2, 0) is 4.79 Å². The van der Waals surface area contributed by atoms with Crippen LogP contribution in [0.3, 0.4) is 0 Å². The molecule has 0 radical (unpaired) electrons. The number of aliphatic hydroxyl groups is 3. The number of aliphatic hydroxyl groups excluding tert-OH is 3. The van der Waals surface area contributed by atoms with Crippen molar-refractivity contribution in [2.75, 3.05) is 19.8 Å². The van der Waals surface area contributed by atoms with Crippen molar-refractivity contribution in [1.29, 1.82) is 0 Å². The smallest absolute Gasteiger partial charge is 0.335 e. The maximum absolute atomic E-state index is 10.2. The van der Waals surface area contributed by atoms with Crippen LogP contribution in [0.2, 0.25) is 0 Å². The SMILES string of the molecule is O=C(O)c1ccccc1.O=C(O)c1ccccc1.O=CO.OCCCC(CO)CO. The van der Waals surface area contributed by atoms with Gasteiger partial charge in [-0.05, 0) is 37.1 Å². The van der Waals surface area contributed by atoms with Crippen LogP contribution in [0.4, 0.5) is 0 Å². The third kappa shape index (κ3) is 16.9. The minimum absolute atomic E-state index is 0.0104. The molecular weight excluding hydrogens is 396 g/mol. The monoisotopic (exact) mass is 424 g/mol. The van der Waals surface area contributed by atoms with Crippen LogP contribution in [0.5, 0.6) is 0 Å². The van der Waals surface area contributed by atoms with Crippen LogP contribution < -0.4 is 0 Å². The Morgan fingerprint density at radius 1 is 0.767 bits per heavy atom. The maximum Gasteiger partial charge on any atom is 0.335 e. The summed E-state index contributed by atoms with van der Waals surface area (Å²) in [6.45, 7) is -0.0937. The molecule has 0 atom stereocenters. The molecule has 6 N–H and O–H groups in total. The summed E-state index contributed by atoms with van der Waals surface area (Å²) in [5.41, 5.74) is 0.662. The Labute approximate surface area is 174 Å². The van der Waals surface area contributed by atoms with Gasteiger partial charge in [-0.3, -0.25) is 4.79 Å². The molecule has 0 aromatic heterocycles. The Balaban J connectivity index is 0. The lowest BCUT2D eigenvalue weighted by Gasteiger charge is -2.07. The molecule has 0 saturated heterocycles. The summed E-state index contributed by atoms with van der Waals surface area (Å²) >= 11 is 0. The molecule has 2 aromatic rings. The topological polar surface area (TPSA) is 173 Å². The Morgan fingerprint density at radius 3 is 1.30 bits per heavy atom. The van der Waals surface area contributed by atoms with E-state index in [0.717, 1.165) is 0 Å². The molecule has 0 aliphatic rings. The third-order valence-electron chi connectivity index (χ3n) is 3.33. The summed E-state index contributed by atoms with van der Waals surface area (Å²) in [5, 5.41) is 49.0. The molecule has 0 saturated carbocycles. The largest absolute Gasteiger partial charge is 0.483 e. The van der Waals surface area contributed by atoms with Gasteiger partial charge in [-0.2, -0.15) is 0 Å². The van der Waals surface area contributed by atoms with Gasteiger partial charge in [0.1, 0.15) is 0 Å². The minimum atomic E-state index is -0.879. The fourth-order valence-electron chi connectivity index (χ4n) is 1.78. The molecule has 0 heterocycles. The zero-order chi connectivity index (χ0) is 23.2. The van der Waals surface area contributed by atoms with Gasteiger partial charge in [0.15, 0.2) is 0 Å². The summed E-state index contributed by atoms with van der Waals surface area (Å²) in [6, 6.07) is 16.6. The second-order valence-corrected chi connectivity index (χ2v) is 5.54. The molecule has 9 nitrogen and oxygen atoms in total. The van der Waals surface area contributed by atoms with Gasteiger partial charge in [-0.25, -0.2) is 9.59 Å². The van der Waals surface area contributed by atoms with Crippen molar-refractivity contribution in [3.8, 4) is 0 Å².